The van der Waals surface area contributed by atoms with E-state index in [-0.39, 0.29) is 5.82 Å². The summed E-state index contributed by atoms with van der Waals surface area (Å²) in [7, 11) is 0. The van der Waals surface area contributed by atoms with E-state index >= 15 is 0 Å². The molecule has 25 heavy (non-hydrogen) atoms. The summed E-state index contributed by atoms with van der Waals surface area (Å²) in [5.41, 5.74) is 1.93. The predicted octanol–water partition coefficient (Wildman–Crippen LogP) is 3.44. The molecule has 0 bridgehead atoms. The number of allylic oxidation sites excluding steroid dienone is 4. The van der Waals surface area contributed by atoms with Gasteiger partial charge in [-0.25, -0.2) is 4.39 Å². The van der Waals surface area contributed by atoms with Crippen molar-refractivity contribution < 1.29 is 4.39 Å². The molecule has 0 aromatic heterocycles. The van der Waals surface area contributed by atoms with Gasteiger partial charge < -0.3 is 15.6 Å². The van der Waals surface area contributed by atoms with Crippen molar-refractivity contribution in [2.75, 3.05) is 19.6 Å². The number of rotatable bonds is 6. The molecule has 1 fully saturated rings. The van der Waals surface area contributed by atoms with Crippen LogP contribution < -0.4 is 5.32 Å². The lowest BCUT2D eigenvalue weighted by Gasteiger charge is -2.23. The van der Waals surface area contributed by atoms with Crippen LogP contribution in [-0.2, 0) is 6.54 Å². The Morgan fingerprint density at radius 1 is 1.24 bits per heavy atom. The van der Waals surface area contributed by atoms with E-state index in [9.17, 15) is 4.39 Å². The number of benzene rings is 1. The summed E-state index contributed by atoms with van der Waals surface area (Å²) in [5.74, 6) is 0.667. The number of nitrogens with zero attached hydrogens (tertiary/aromatic N) is 2. The lowest BCUT2D eigenvalue weighted by molar-refractivity contribution is 0.388. The van der Waals surface area contributed by atoms with Gasteiger partial charge in [0.1, 0.15) is 11.6 Å². The Bertz CT molecular complexity index is 740. The van der Waals surface area contributed by atoms with Gasteiger partial charge >= 0.3 is 0 Å². The van der Waals surface area contributed by atoms with E-state index in [1.807, 2.05) is 30.4 Å². The summed E-state index contributed by atoms with van der Waals surface area (Å²) in [4.78, 5) is 6.48. The summed E-state index contributed by atoms with van der Waals surface area (Å²) in [6.07, 6.45) is 11.6. The lowest BCUT2D eigenvalue weighted by Crippen LogP contribution is -2.30. The van der Waals surface area contributed by atoms with Crippen molar-refractivity contribution in [2.45, 2.75) is 19.4 Å². The molecule has 5 heteroatoms. The zero-order valence-electron chi connectivity index (χ0n) is 14.2. The van der Waals surface area contributed by atoms with Gasteiger partial charge in [0.25, 0.3) is 0 Å². The molecule has 1 aromatic rings. The zero-order chi connectivity index (χ0) is 17.5. The Morgan fingerprint density at radius 3 is 2.84 bits per heavy atom. The van der Waals surface area contributed by atoms with E-state index in [1.165, 1.54) is 6.07 Å². The van der Waals surface area contributed by atoms with E-state index < -0.39 is 0 Å². The number of likely N-dealkylation sites (tertiary alicyclic amines) is 1. The van der Waals surface area contributed by atoms with E-state index in [0.29, 0.717) is 24.4 Å². The van der Waals surface area contributed by atoms with Crippen molar-refractivity contribution in [3.05, 3.63) is 71.3 Å². The van der Waals surface area contributed by atoms with Gasteiger partial charge in [-0.1, -0.05) is 30.4 Å². The predicted molar refractivity (Wildman–Crippen MR) is 100 cm³/mol. The normalized spacial score (nSPS) is 17.4. The highest BCUT2D eigenvalue weighted by Crippen LogP contribution is 2.16. The molecule has 0 aliphatic carbocycles. The standard InChI is InChI=1S/C20H23FN4/c21-18-9-2-1-7-16(18)15-24-20(25-11-5-6-12-25)13-19(22)17-8-3-4-10-23-14-17/h1-4,7-10,13,22,24H,5-6,11-12,14-15H2/b20-13+,22-19?. The van der Waals surface area contributed by atoms with Gasteiger partial charge in [-0.15, -0.1) is 0 Å². The first-order chi connectivity index (χ1) is 12.2. The summed E-state index contributed by atoms with van der Waals surface area (Å²) in [6, 6.07) is 6.78. The van der Waals surface area contributed by atoms with Gasteiger partial charge in [-0.05, 0) is 30.6 Å². The van der Waals surface area contributed by atoms with Crippen LogP contribution in [0.4, 0.5) is 4.39 Å². The molecule has 3 rings (SSSR count). The Hall–Kier alpha value is -2.69. The summed E-state index contributed by atoms with van der Waals surface area (Å²) in [6.45, 7) is 2.82. The van der Waals surface area contributed by atoms with Crippen molar-refractivity contribution in [3.63, 3.8) is 0 Å². The topological polar surface area (TPSA) is 51.5 Å². The Morgan fingerprint density at radius 2 is 2.04 bits per heavy atom. The van der Waals surface area contributed by atoms with Crippen LogP contribution >= 0.6 is 0 Å². The van der Waals surface area contributed by atoms with Crippen molar-refractivity contribution in [3.8, 4) is 0 Å². The van der Waals surface area contributed by atoms with E-state index in [4.69, 9.17) is 5.41 Å². The molecule has 130 valence electrons. The smallest absolute Gasteiger partial charge is 0.128 e. The van der Waals surface area contributed by atoms with Gasteiger partial charge in [0.15, 0.2) is 0 Å². The number of hydrogen-bond donors (Lipinski definition) is 2. The highest BCUT2D eigenvalue weighted by Gasteiger charge is 2.16. The van der Waals surface area contributed by atoms with E-state index in [0.717, 1.165) is 37.3 Å². The van der Waals surface area contributed by atoms with Gasteiger partial charge in [-0.3, -0.25) is 4.99 Å². The number of halogens is 1. The van der Waals surface area contributed by atoms with Crippen molar-refractivity contribution in [1.29, 1.82) is 5.41 Å². The third-order valence-corrected chi connectivity index (χ3v) is 4.35. The lowest BCUT2D eigenvalue weighted by atomic mass is 10.1. The zero-order valence-corrected chi connectivity index (χ0v) is 14.2. The quantitative estimate of drug-likeness (QED) is 0.781. The Labute approximate surface area is 148 Å². The molecule has 4 nitrogen and oxygen atoms in total. The third-order valence-electron chi connectivity index (χ3n) is 4.35. The molecule has 1 aromatic carbocycles. The fourth-order valence-corrected chi connectivity index (χ4v) is 2.93. The van der Waals surface area contributed by atoms with E-state index in [1.54, 1.807) is 18.3 Å². The van der Waals surface area contributed by atoms with Gasteiger partial charge in [0.05, 0.1) is 12.3 Å². The molecular formula is C20H23FN4. The molecule has 2 heterocycles. The van der Waals surface area contributed by atoms with Crippen LogP contribution in [0.2, 0.25) is 0 Å². The Kier molecular flexibility index (Phi) is 5.77. The first kappa shape index (κ1) is 17.1. The second-order valence-corrected chi connectivity index (χ2v) is 6.15. The van der Waals surface area contributed by atoms with Gasteiger partial charge in [0.2, 0.25) is 0 Å². The monoisotopic (exact) mass is 338 g/mol. The Balaban J connectivity index is 1.76. The van der Waals surface area contributed by atoms with Crippen LogP contribution in [0.3, 0.4) is 0 Å². The second kappa shape index (κ2) is 8.42. The van der Waals surface area contributed by atoms with Crippen LogP contribution in [0.5, 0.6) is 0 Å². The van der Waals surface area contributed by atoms with Crippen molar-refractivity contribution in [2.24, 2.45) is 4.99 Å². The minimum atomic E-state index is -0.211. The average molecular weight is 338 g/mol. The van der Waals surface area contributed by atoms with Gasteiger partial charge in [0, 0.05) is 37.5 Å². The molecule has 0 unspecified atom stereocenters. The van der Waals surface area contributed by atoms with Gasteiger partial charge in [-0.2, -0.15) is 0 Å². The van der Waals surface area contributed by atoms with Crippen LogP contribution in [0.25, 0.3) is 0 Å². The summed E-state index contributed by atoms with van der Waals surface area (Å²) >= 11 is 0. The maximum Gasteiger partial charge on any atom is 0.128 e. The average Bonchev–Trinajstić information content (AvgIpc) is 3.01. The largest absolute Gasteiger partial charge is 0.367 e. The van der Waals surface area contributed by atoms with Crippen LogP contribution in [0, 0.1) is 11.2 Å². The van der Waals surface area contributed by atoms with Crippen LogP contribution in [0.15, 0.2) is 65.0 Å². The minimum absolute atomic E-state index is 0.211. The fraction of sp³-hybridized carbons (Fsp3) is 0.300. The SMILES string of the molecule is N=C(/C=C(\NCc1ccccc1F)N1CCCC1)C1=CC=CC=NC1. The molecule has 2 aliphatic rings. The molecule has 0 spiro atoms. The van der Waals surface area contributed by atoms with E-state index in [2.05, 4.69) is 15.2 Å². The van der Waals surface area contributed by atoms with Crippen molar-refractivity contribution >= 4 is 11.9 Å². The van der Waals surface area contributed by atoms with Crippen LogP contribution in [0.1, 0.15) is 18.4 Å². The highest BCUT2D eigenvalue weighted by atomic mass is 19.1. The highest BCUT2D eigenvalue weighted by molar-refractivity contribution is 6.07. The number of nitrogens with one attached hydrogen (secondary N) is 2. The molecule has 0 atom stereocenters. The second-order valence-electron chi connectivity index (χ2n) is 6.15. The molecule has 0 amide bonds. The molecular weight excluding hydrogens is 315 g/mol. The molecule has 2 N–H and O–H groups in total. The fourth-order valence-electron chi connectivity index (χ4n) is 2.93. The first-order valence-electron chi connectivity index (χ1n) is 8.62. The van der Waals surface area contributed by atoms with Crippen molar-refractivity contribution in [1.82, 2.24) is 10.2 Å². The first-order valence-corrected chi connectivity index (χ1v) is 8.62. The summed E-state index contributed by atoms with van der Waals surface area (Å²) in [5, 5.41) is 11.7. The molecule has 0 saturated carbocycles. The molecule has 0 radical (unpaired) electrons. The van der Waals surface area contributed by atoms with Crippen LogP contribution in [-0.4, -0.2) is 36.5 Å². The molecule has 2 aliphatic heterocycles. The minimum Gasteiger partial charge on any atom is -0.367 e. The summed E-state index contributed by atoms with van der Waals surface area (Å²) < 4.78 is 13.9. The number of hydrogen-bond acceptors (Lipinski definition) is 4. The third kappa shape index (κ3) is 4.66. The maximum atomic E-state index is 13.9. The number of aliphatic imine (C=N–C) groups is 1. The molecule has 1 saturated heterocycles. The maximum absolute atomic E-state index is 13.9.